The molecule has 0 aromatic heterocycles. The fraction of sp³-hybridized carbons (Fsp3) is 0.700. The molecule has 0 heterocycles. The quantitative estimate of drug-likeness (QED) is 0.253. The van der Waals surface area contributed by atoms with Gasteiger partial charge in [-0.15, -0.1) is 0 Å². The third-order valence-corrected chi connectivity index (χ3v) is 13.8. The molecule has 0 bridgehead atoms. The van der Waals surface area contributed by atoms with Crippen LogP contribution < -0.4 is 7.58 Å². The van der Waals surface area contributed by atoms with Gasteiger partial charge in [-0.1, -0.05) is 133 Å². The van der Waals surface area contributed by atoms with E-state index in [9.17, 15) is 0 Å². The summed E-state index contributed by atoms with van der Waals surface area (Å²) in [6.07, 6.45) is 27.0. The molecular weight excluding hydrogens is 539 g/mol. The molecule has 4 saturated carbocycles. The van der Waals surface area contributed by atoms with Crippen molar-refractivity contribution in [3.05, 3.63) is 58.7 Å². The van der Waals surface area contributed by atoms with Crippen molar-refractivity contribution in [3.63, 3.8) is 0 Å². The van der Waals surface area contributed by atoms with E-state index in [0.717, 1.165) is 5.28 Å². The minimum atomic E-state index is -2.07. The molecule has 3 heteroatoms. The van der Waals surface area contributed by atoms with Gasteiger partial charge in [-0.05, 0) is 103 Å². The van der Waals surface area contributed by atoms with Crippen LogP contribution in [0.5, 0.6) is 11.5 Å². The predicted molar refractivity (Wildman–Crippen MR) is 183 cm³/mol. The van der Waals surface area contributed by atoms with Crippen molar-refractivity contribution in [2.45, 2.75) is 171 Å². The second-order valence-electron chi connectivity index (χ2n) is 15.2. The maximum absolute atomic E-state index is 7.50. The summed E-state index contributed by atoms with van der Waals surface area (Å²) < 4.78 is 15.0. The third kappa shape index (κ3) is 8.05. The first-order valence-corrected chi connectivity index (χ1v) is 20.5. The van der Waals surface area contributed by atoms with Crippen LogP contribution in [0.25, 0.3) is 0 Å². The van der Waals surface area contributed by atoms with Crippen LogP contribution in [0, 0.1) is 5.92 Å². The summed E-state index contributed by atoms with van der Waals surface area (Å²) >= 11 is -2.07. The minimum absolute atomic E-state index is 0.566. The lowest BCUT2D eigenvalue weighted by atomic mass is 9.79. The van der Waals surface area contributed by atoms with Gasteiger partial charge in [0.1, 0.15) is 0 Å². The van der Waals surface area contributed by atoms with E-state index in [-0.39, 0.29) is 0 Å². The molecule has 4 fully saturated rings. The van der Waals surface area contributed by atoms with Gasteiger partial charge in [0, 0.05) is 0 Å². The summed E-state index contributed by atoms with van der Waals surface area (Å²) in [6.45, 7) is 4.74. The molecule has 0 atom stereocenters. The number of hydrogen-bond donors (Lipinski definition) is 0. The summed E-state index contributed by atoms with van der Waals surface area (Å²) in [5.41, 5.74) is 6.06. The minimum Gasteiger partial charge on any atom is -0.611 e. The largest absolute Gasteiger partial charge is 0.857 e. The van der Waals surface area contributed by atoms with Crippen molar-refractivity contribution in [1.29, 1.82) is 0 Å². The summed E-state index contributed by atoms with van der Waals surface area (Å²) in [7, 11) is 0. The standard InChI is InChI=1S/2C18H26O.C4H9.Al/c2*19-18-16(14-8-3-1-4-9-14)12-7-13-17(18)15-10-5-2-6-11-15;1-4(2)3;/h2*7,12-15,19H,1-6,8-11H2;4H,1H2,2-3H3;/q;;;+2/p-2. The molecule has 2 nitrogen and oxygen atoms in total. The molecule has 4 aliphatic carbocycles. The van der Waals surface area contributed by atoms with Gasteiger partial charge in [-0.25, -0.2) is 0 Å². The Morgan fingerprint density at radius 2 is 0.767 bits per heavy atom. The summed E-state index contributed by atoms with van der Waals surface area (Å²) in [4.78, 5) is 0. The fourth-order valence-electron chi connectivity index (χ4n) is 9.13. The Morgan fingerprint density at radius 3 is 1.02 bits per heavy atom. The Labute approximate surface area is 268 Å². The second-order valence-corrected chi connectivity index (χ2v) is 17.0. The van der Waals surface area contributed by atoms with Gasteiger partial charge in [0.05, 0.1) is 11.5 Å². The smallest absolute Gasteiger partial charge is 0.611 e. The average molecular weight is 599 g/mol. The van der Waals surface area contributed by atoms with Crippen molar-refractivity contribution in [3.8, 4) is 11.5 Å². The highest BCUT2D eigenvalue weighted by atomic mass is 27.2. The van der Waals surface area contributed by atoms with Crippen molar-refractivity contribution in [2.75, 3.05) is 0 Å². The van der Waals surface area contributed by atoms with Gasteiger partial charge >= 0.3 is 14.8 Å². The molecule has 6 rings (SSSR count). The van der Waals surface area contributed by atoms with Crippen LogP contribution in [-0.2, 0) is 0 Å². The Morgan fingerprint density at radius 1 is 0.488 bits per heavy atom. The third-order valence-electron chi connectivity index (χ3n) is 11.5. The summed E-state index contributed by atoms with van der Waals surface area (Å²) in [6, 6.07) is 14.5. The highest BCUT2D eigenvalue weighted by Gasteiger charge is 2.39. The van der Waals surface area contributed by atoms with Gasteiger partial charge in [0.15, 0.2) is 0 Å². The zero-order chi connectivity index (χ0) is 29.4. The zero-order valence-electron chi connectivity index (χ0n) is 27.6. The van der Waals surface area contributed by atoms with Crippen molar-refractivity contribution < 1.29 is 7.58 Å². The Hall–Kier alpha value is -1.43. The molecule has 0 radical (unpaired) electrons. The van der Waals surface area contributed by atoms with E-state index >= 15 is 0 Å². The monoisotopic (exact) mass is 598 g/mol. The number of benzene rings is 2. The molecule has 0 N–H and O–H groups in total. The first kappa shape index (κ1) is 31.6. The molecule has 4 aliphatic rings. The molecular formula is C40H59AlO2. The highest BCUT2D eigenvalue weighted by molar-refractivity contribution is 6.46. The molecule has 0 aliphatic heterocycles. The fourth-order valence-corrected chi connectivity index (χ4v) is 11.2. The lowest BCUT2D eigenvalue weighted by molar-refractivity contribution is 0.366. The van der Waals surface area contributed by atoms with E-state index in [0.29, 0.717) is 29.6 Å². The Kier molecular flexibility index (Phi) is 11.5. The van der Waals surface area contributed by atoms with Crippen LogP contribution in [0.1, 0.15) is 188 Å². The second kappa shape index (κ2) is 15.7. The SMILES string of the molecule is CC(C)[CH2][Al]([O]c1c(C2CCCCC2)cccc1C1CCCCC1)[O]c1c(C2CCCCC2)cccc1C1CCCCC1. The maximum Gasteiger partial charge on any atom is 0.857 e. The van der Waals surface area contributed by atoms with Gasteiger partial charge < -0.3 is 7.58 Å². The van der Waals surface area contributed by atoms with Gasteiger partial charge in [0.2, 0.25) is 0 Å². The van der Waals surface area contributed by atoms with Crippen LogP contribution in [0.15, 0.2) is 36.4 Å². The van der Waals surface area contributed by atoms with E-state index in [1.165, 1.54) is 162 Å². The van der Waals surface area contributed by atoms with Crippen LogP contribution in [0.2, 0.25) is 5.28 Å². The van der Waals surface area contributed by atoms with Gasteiger partial charge in [-0.2, -0.15) is 0 Å². The zero-order valence-corrected chi connectivity index (χ0v) is 28.7. The van der Waals surface area contributed by atoms with Gasteiger partial charge in [0.25, 0.3) is 0 Å². The van der Waals surface area contributed by atoms with Crippen molar-refractivity contribution in [1.82, 2.24) is 0 Å². The average Bonchev–Trinajstić information content (AvgIpc) is 3.06. The lowest BCUT2D eigenvalue weighted by Gasteiger charge is -2.33. The van der Waals surface area contributed by atoms with Gasteiger partial charge in [-0.3, -0.25) is 0 Å². The molecule has 234 valence electrons. The molecule has 2 aromatic carbocycles. The van der Waals surface area contributed by atoms with Crippen LogP contribution in [0.4, 0.5) is 0 Å². The molecule has 2 aromatic rings. The lowest BCUT2D eigenvalue weighted by Crippen LogP contribution is -2.33. The molecule has 0 saturated heterocycles. The first-order valence-electron chi connectivity index (χ1n) is 18.8. The highest BCUT2D eigenvalue weighted by Crippen LogP contribution is 2.47. The van der Waals surface area contributed by atoms with Crippen molar-refractivity contribution >= 4 is 14.8 Å². The van der Waals surface area contributed by atoms with Crippen LogP contribution in [0.3, 0.4) is 0 Å². The molecule has 43 heavy (non-hydrogen) atoms. The van der Waals surface area contributed by atoms with E-state index in [2.05, 4.69) is 50.2 Å². The van der Waals surface area contributed by atoms with E-state index in [1.54, 1.807) is 0 Å². The number of hydrogen-bond acceptors (Lipinski definition) is 2. The van der Waals surface area contributed by atoms with E-state index < -0.39 is 14.8 Å². The van der Waals surface area contributed by atoms with E-state index in [1.807, 2.05) is 0 Å². The molecule has 0 amide bonds. The Balaban J connectivity index is 1.38. The predicted octanol–water partition coefficient (Wildman–Crippen LogP) is 12.5. The maximum atomic E-state index is 7.50. The molecule has 0 spiro atoms. The summed E-state index contributed by atoms with van der Waals surface area (Å²) in [5, 5.41) is 1.06. The Bertz CT molecular complexity index is 975. The normalized spacial score (nSPS) is 21.7. The van der Waals surface area contributed by atoms with Crippen LogP contribution in [-0.4, -0.2) is 14.8 Å². The summed E-state index contributed by atoms with van der Waals surface area (Å²) in [5.74, 6) is 5.70. The molecule has 0 unspecified atom stereocenters. The van der Waals surface area contributed by atoms with Crippen LogP contribution >= 0.6 is 0 Å². The van der Waals surface area contributed by atoms with Crippen molar-refractivity contribution in [2.24, 2.45) is 5.92 Å². The number of para-hydroxylation sites is 2. The number of rotatable bonds is 10. The van der Waals surface area contributed by atoms with E-state index in [4.69, 9.17) is 7.58 Å². The topological polar surface area (TPSA) is 18.5 Å². The first-order chi connectivity index (χ1) is 21.2.